The predicted molar refractivity (Wildman–Crippen MR) is 55.2 cm³/mol. The van der Waals surface area contributed by atoms with Crippen LogP contribution in [-0.2, 0) is 0 Å². The van der Waals surface area contributed by atoms with E-state index in [9.17, 15) is 0 Å². The van der Waals surface area contributed by atoms with E-state index in [-0.39, 0.29) is 0 Å². The minimum atomic E-state index is 0.885. The van der Waals surface area contributed by atoms with Crippen molar-refractivity contribution < 1.29 is 0 Å². The van der Waals surface area contributed by atoms with Gasteiger partial charge in [-0.1, -0.05) is 25.5 Å². The Labute approximate surface area is 77.1 Å². The molecule has 0 bridgehead atoms. The summed E-state index contributed by atoms with van der Waals surface area (Å²) in [7, 11) is 0. The van der Waals surface area contributed by atoms with Crippen molar-refractivity contribution in [3.8, 4) is 0 Å². The highest BCUT2D eigenvalue weighted by molar-refractivity contribution is 4.99. The smallest absolute Gasteiger partial charge is 0.0320 e. The maximum absolute atomic E-state index is 2.43. The molecule has 1 atom stereocenters. The zero-order chi connectivity index (χ0) is 8.97. The minimum Gasteiger partial charge on any atom is -0.0856 e. The minimum absolute atomic E-state index is 0.885. The second kappa shape index (κ2) is 4.69. The summed E-state index contributed by atoms with van der Waals surface area (Å²) in [4.78, 5) is 0. The molecule has 12 heavy (non-hydrogen) atoms. The molecule has 0 radical (unpaired) electrons. The Balaban J connectivity index is 2.44. The van der Waals surface area contributed by atoms with Gasteiger partial charge in [0.05, 0.1) is 0 Å². The van der Waals surface area contributed by atoms with Gasteiger partial charge in [-0.3, -0.25) is 0 Å². The Morgan fingerprint density at radius 3 is 2.75 bits per heavy atom. The summed E-state index contributed by atoms with van der Waals surface area (Å²) in [5, 5.41) is 0. The van der Waals surface area contributed by atoms with Gasteiger partial charge in [-0.05, 0) is 50.9 Å². The van der Waals surface area contributed by atoms with Crippen molar-refractivity contribution in [1.82, 2.24) is 0 Å². The molecular formula is C12H22. The largest absolute Gasteiger partial charge is 0.0856 e. The van der Waals surface area contributed by atoms with Gasteiger partial charge in [0.2, 0.25) is 0 Å². The molecule has 0 spiro atoms. The Morgan fingerprint density at radius 1 is 1.33 bits per heavy atom. The van der Waals surface area contributed by atoms with Gasteiger partial charge < -0.3 is 0 Å². The molecule has 0 aromatic carbocycles. The van der Waals surface area contributed by atoms with E-state index in [1.54, 1.807) is 5.57 Å². The number of rotatable bonds is 1. The van der Waals surface area contributed by atoms with Gasteiger partial charge in [-0.25, -0.2) is 0 Å². The van der Waals surface area contributed by atoms with Crippen LogP contribution in [0.1, 0.15) is 52.9 Å². The molecule has 0 fully saturated rings. The van der Waals surface area contributed by atoms with Crippen LogP contribution >= 0.6 is 0 Å². The fourth-order valence-corrected chi connectivity index (χ4v) is 2.05. The van der Waals surface area contributed by atoms with E-state index in [1.165, 1.54) is 32.1 Å². The lowest BCUT2D eigenvalue weighted by Crippen LogP contribution is -2.10. The summed E-state index contributed by atoms with van der Waals surface area (Å²) in [5.74, 6) is 1.87. The molecule has 0 heterocycles. The number of hydrogen-bond donors (Lipinski definition) is 0. The van der Waals surface area contributed by atoms with Gasteiger partial charge in [0.15, 0.2) is 0 Å². The highest BCUT2D eigenvalue weighted by Crippen LogP contribution is 2.27. The molecule has 0 aromatic heterocycles. The highest BCUT2D eigenvalue weighted by Gasteiger charge is 2.13. The summed E-state index contributed by atoms with van der Waals surface area (Å²) >= 11 is 0. The lowest BCUT2D eigenvalue weighted by molar-refractivity contribution is 0.326. The highest BCUT2D eigenvalue weighted by atomic mass is 14.2. The molecule has 0 heteroatoms. The molecular weight excluding hydrogens is 144 g/mol. The number of hydrogen-bond acceptors (Lipinski definition) is 0. The number of allylic oxidation sites excluding steroid dienone is 2. The van der Waals surface area contributed by atoms with Crippen molar-refractivity contribution in [2.24, 2.45) is 11.8 Å². The quantitative estimate of drug-likeness (QED) is 0.513. The van der Waals surface area contributed by atoms with E-state index in [0.717, 1.165) is 11.8 Å². The summed E-state index contributed by atoms with van der Waals surface area (Å²) in [6.45, 7) is 7.01. The van der Waals surface area contributed by atoms with E-state index in [0.29, 0.717) is 0 Å². The topological polar surface area (TPSA) is 0 Å². The first-order chi connectivity index (χ1) is 5.70. The van der Waals surface area contributed by atoms with E-state index in [2.05, 4.69) is 26.8 Å². The Kier molecular flexibility index (Phi) is 3.84. The fourth-order valence-electron chi connectivity index (χ4n) is 2.05. The standard InChI is InChI=1S/C12H22/c1-10(2)12-7-5-4-6-11(3)8-9-12/h6,10,12H,4-5,7-9H2,1-3H3. The third-order valence-electron chi connectivity index (χ3n) is 3.12. The monoisotopic (exact) mass is 166 g/mol. The molecule has 0 aliphatic heterocycles. The molecule has 1 aliphatic rings. The van der Waals surface area contributed by atoms with Crippen LogP contribution in [0, 0.1) is 11.8 Å². The normalized spacial score (nSPS) is 26.3. The Morgan fingerprint density at radius 2 is 2.08 bits per heavy atom. The van der Waals surface area contributed by atoms with E-state index < -0.39 is 0 Å². The van der Waals surface area contributed by atoms with Gasteiger partial charge >= 0.3 is 0 Å². The van der Waals surface area contributed by atoms with Crippen LogP contribution in [0.15, 0.2) is 11.6 Å². The lowest BCUT2D eigenvalue weighted by atomic mass is 9.84. The molecule has 0 aromatic rings. The molecule has 1 unspecified atom stereocenters. The maximum atomic E-state index is 2.43. The van der Waals surface area contributed by atoms with Crippen molar-refractivity contribution in [3.05, 3.63) is 11.6 Å². The lowest BCUT2D eigenvalue weighted by Gasteiger charge is -2.22. The SMILES string of the molecule is CC1=CCCCC(C(C)C)CC1. The third-order valence-corrected chi connectivity index (χ3v) is 3.12. The van der Waals surface area contributed by atoms with Crippen LogP contribution in [0.4, 0.5) is 0 Å². The Bertz CT molecular complexity index is 153. The third kappa shape index (κ3) is 3.00. The predicted octanol–water partition coefficient (Wildman–Crippen LogP) is 4.17. The molecule has 0 nitrogen and oxygen atoms in total. The molecule has 0 saturated carbocycles. The van der Waals surface area contributed by atoms with Gasteiger partial charge in [0, 0.05) is 0 Å². The average Bonchev–Trinajstić information content (AvgIpc) is 1.97. The van der Waals surface area contributed by atoms with Crippen molar-refractivity contribution in [3.63, 3.8) is 0 Å². The molecule has 0 N–H and O–H groups in total. The zero-order valence-electron chi connectivity index (χ0n) is 8.77. The Hall–Kier alpha value is -0.260. The molecule has 1 rings (SSSR count). The molecule has 0 saturated heterocycles. The van der Waals surface area contributed by atoms with Gasteiger partial charge in [0.25, 0.3) is 0 Å². The van der Waals surface area contributed by atoms with Crippen molar-refractivity contribution in [1.29, 1.82) is 0 Å². The van der Waals surface area contributed by atoms with Crippen LogP contribution in [0.2, 0.25) is 0 Å². The van der Waals surface area contributed by atoms with Crippen LogP contribution in [0.25, 0.3) is 0 Å². The first-order valence-corrected chi connectivity index (χ1v) is 5.36. The molecule has 70 valence electrons. The summed E-state index contributed by atoms with van der Waals surface area (Å²) < 4.78 is 0. The van der Waals surface area contributed by atoms with Crippen LogP contribution in [0.3, 0.4) is 0 Å². The van der Waals surface area contributed by atoms with Crippen molar-refractivity contribution in [2.75, 3.05) is 0 Å². The van der Waals surface area contributed by atoms with Crippen LogP contribution in [-0.4, -0.2) is 0 Å². The second-order valence-electron chi connectivity index (χ2n) is 4.52. The van der Waals surface area contributed by atoms with Crippen molar-refractivity contribution >= 4 is 0 Å². The summed E-state index contributed by atoms with van der Waals surface area (Å²) in [6.07, 6.45) is 9.34. The zero-order valence-corrected chi connectivity index (χ0v) is 8.77. The van der Waals surface area contributed by atoms with E-state index >= 15 is 0 Å². The molecule has 0 amide bonds. The first-order valence-electron chi connectivity index (χ1n) is 5.36. The van der Waals surface area contributed by atoms with Crippen LogP contribution < -0.4 is 0 Å². The fraction of sp³-hybridized carbons (Fsp3) is 0.833. The van der Waals surface area contributed by atoms with Gasteiger partial charge in [-0.15, -0.1) is 0 Å². The van der Waals surface area contributed by atoms with Crippen LogP contribution in [0.5, 0.6) is 0 Å². The van der Waals surface area contributed by atoms with Crippen molar-refractivity contribution in [2.45, 2.75) is 52.9 Å². The summed E-state index contributed by atoms with van der Waals surface area (Å²) in [5.41, 5.74) is 1.61. The van der Waals surface area contributed by atoms with E-state index in [1.807, 2.05) is 0 Å². The van der Waals surface area contributed by atoms with Gasteiger partial charge in [-0.2, -0.15) is 0 Å². The second-order valence-corrected chi connectivity index (χ2v) is 4.52. The first kappa shape index (κ1) is 9.83. The van der Waals surface area contributed by atoms with Gasteiger partial charge in [0.1, 0.15) is 0 Å². The average molecular weight is 166 g/mol. The summed E-state index contributed by atoms with van der Waals surface area (Å²) in [6, 6.07) is 0. The van der Waals surface area contributed by atoms with E-state index in [4.69, 9.17) is 0 Å². The maximum Gasteiger partial charge on any atom is -0.0320 e. The molecule has 1 aliphatic carbocycles.